The summed E-state index contributed by atoms with van der Waals surface area (Å²) in [5.74, 6) is -0.0733. The smallest absolute Gasteiger partial charge is 0.272 e. The van der Waals surface area contributed by atoms with Crippen LogP contribution in [0.2, 0.25) is 0 Å². The monoisotopic (exact) mass is 371 g/mol. The van der Waals surface area contributed by atoms with Crippen molar-refractivity contribution in [2.75, 3.05) is 0 Å². The number of benzene rings is 1. The molecule has 0 bridgehead atoms. The molecule has 7 nitrogen and oxygen atoms in total. The molecule has 1 atom stereocenters. The Balaban J connectivity index is 1.59. The molecule has 0 saturated heterocycles. The lowest BCUT2D eigenvalue weighted by Gasteiger charge is -2.13. The van der Waals surface area contributed by atoms with Crippen molar-refractivity contribution >= 4 is 5.91 Å². The summed E-state index contributed by atoms with van der Waals surface area (Å²) < 4.78 is 21.8. The first kappa shape index (κ1) is 18.6. The third-order valence-electron chi connectivity index (χ3n) is 4.31. The van der Waals surface area contributed by atoms with Gasteiger partial charge in [0.1, 0.15) is 17.3 Å². The number of hydrogen-bond donors (Lipinski definition) is 1. The Morgan fingerprint density at radius 1 is 1.30 bits per heavy atom. The minimum Gasteiger partial charge on any atom is -0.471 e. The number of halogens is 1. The van der Waals surface area contributed by atoms with Gasteiger partial charge in [-0.25, -0.2) is 9.07 Å². The molecule has 1 aromatic carbocycles. The summed E-state index contributed by atoms with van der Waals surface area (Å²) in [4.78, 5) is 12.4. The van der Waals surface area contributed by atoms with Gasteiger partial charge in [0.15, 0.2) is 6.73 Å². The summed E-state index contributed by atoms with van der Waals surface area (Å²) in [6.07, 6.45) is 3.43. The minimum atomic E-state index is -0.325. The number of hydrogen-bond acceptors (Lipinski definition) is 4. The van der Waals surface area contributed by atoms with Crippen molar-refractivity contribution in [3.63, 3.8) is 0 Å². The van der Waals surface area contributed by atoms with Gasteiger partial charge >= 0.3 is 0 Å². The van der Waals surface area contributed by atoms with E-state index in [1.54, 1.807) is 18.5 Å². The average molecular weight is 371 g/mol. The Morgan fingerprint density at radius 2 is 2.04 bits per heavy atom. The SMILES string of the molecule is CCn1ncc(C(C)NC(=O)c2ccn(COc3ccc(F)cc3)n2)c1C. The summed E-state index contributed by atoms with van der Waals surface area (Å²) in [7, 11) is 0. The highest BCUT2D eigenvalue weighted by Gasteiger charge is 2.17. The molecule has 2 aromatic heterocycles. The zero-order chi connectivity index (χ0) is 19.4. The molecule has 2 heterocycles. The van der Waals surface area contributed by atoms with Crippen molar-refractivity contribution < 1.29 is 13.9 Å². The molecule has 1 N–H and O–H groups in total. The molecular weight excluding hydrogens is 349 g/mol. The topological polar surface area (TPSA) is 74.0 Å². The van der Waals surface area contributed by atoms with Crippen LogP contribution in [0.1, 0.15) is 41.6 Å². The molecule has 0 aliphatic carbocycles. The van der Waals surface area contributed by atoms with E-state index in [4.69, 9.17) is 4.74 Å². The fourth-order valence-corrected chi connectivity index (χ4v) is 2.78. The van der Waals surface area contributed by atoms with Crippen LogP contribution in [0.25, 0.3) is 0 Å². The largest absolute Gasteiger partial charge is 0.471 e. The van der Waals surface area contributed by atoms with Crippen LogP contribution in [-0.4, -0.2) is 25.5 Å². The summed E-state index contributed by atoms with van der Waals surface area (Å²) >= 11 is 0. The zero-order valence-electron chi connectivity index (χ0n) is 15.5. The van der Waals surface area contributed by atoms with Crippen molar-refractivity contribution in [1.29, 1.82) is 0 Å². The van der Waals surface area contributed by atoms with E-state index in [9.17, 15) is 9.18 Å². The maximum atomic E-state index is 12.9. The molecule has 0 radical (unpaired) electrons. The van der Waals surface area contributed by atoms with Crippen molar-refractivity contribution in [3.8, 4) is 5.75 Å². The first-order valence-corrected chi connectivity index (χ1v) is 8.73. The third-order valence-corrected chi connectivity index (χ3v) is 4.31. The molecule has 0 fully saturated rings. The summed E-state index contributed by atoms with van der Waals surface area (Å²) in [5, 5.41) is 11.5. The molecule has 142 valence electrons. The fraction of sp³-hybridized carbons (Fsp3) is 0.316. The van der Waals surface area contributed by atoms with Crippen LogP contribution in [0, 0.1) is 12.7 Å². The highest BCUT2D eigenvalue weighted by Crippen LogP contribution is 2.17. The normalized spacial score (nSPS) is 12.0. The van der Waals surface area contributed by atoms with Crippen molar-refractivity contribution in [2.24, 2.45) is 0 Å². The number of nitrogens with one attached hydrogen (secondary N) is 1. The second-order valence-corrected chi connectivity index (χ2v) is 6.16. The molecule has 1 unspecified atom stereocenters. The second-order valence-electron chi connectivity index (χ2n) is 6.16. The van der Waals surface area contributed by atoms with Crippen LogP contribution in [0.4, 0.5) is 4.39 Å². The predicted octanol–water partition coefficient (Wildman–Crippen LogP) is 3.07. The summed E-state index contributed by atoms with van der Waals surface area (Å²) in [5.41, 5.74) is 2.30. The Bertz CT molecular complexity index is 917. The number of nitrogens with zero attached hydrogens (tertiary/aromatic N) is 4. The maximum absolute atomic E-state index is 12.9. The van der Waals surface area contributed by atoms with Gasteiger partial charge in [0.25, 0.3) is 5.91 Å². The van der Waals surface area contributed by atoms with Crippen LogP contribution in [0.5, 0.6) is 5.75 Å². The van der Waals surface area contributed by atoms with Crippen LogP contribution in [0.3, 0.4) is 0 Å². The van der Waals surface area contributed by atoms with E-state index in [-0.39, 0.29) is 24.5 Å². The molecule has 1 amide bonds. The molecule has 8 heteroatoms. The third kappa shape index (κ3) is 4.33. The Morgan fingerprint density at radius 3 is 2.70 bits per heavy atom. The molecule has 3 aromatic rings. The van der Waals surface area contributed by atoms with Gasteiger partial charge in [-0.15, -0.1) is 0 Å². The zero-order valence-corrected chi connectivity index (χ0v) is 15.5. The van der Waals surface area contributed by atoms with Gasteiger partial charge in [-0.05, 0) is 51.1 Å². The van der Waals surface area contributed by atoms with E-state index in [0.717, 1.165) is 17.8 Å². The number of aromatic nitrogens is 4. The molecule has 0 spiro atoms. The van der Waals surface area contributed by atoms with E-state index in [2.05, 4.69) is 15.5 Å². The summed E-state index contributed by atoms with van der Waals surface area (Å²) in [6.45, 7) is 6.82. The van der Waals surface area contributed by atoms with Gasteiger partial charge in [-0.1, -0.05) is 0 Å². The Labute approximate surface area is 156 Å². The fourth-order valence-electron chi connectivity index (χ4n) is 2.78. The minimum absolute atomic E-state index is 0.122. The predicted molar refractivity (Wildman–Crippen MR) is 97.8 cm³/mol. The highest BCUT2D eigenvalue weighted by molar-refractivity contribution is 5.92. The van der Waals surface area contributed by atoms with Gasteiger partial charge in [0.2, 0.25) is 0 Å². The molecule has 0 aliphatic rings. The lowest BCUT2D eigenvalue weighted by Crippen LogP contribution is -2.27. The molecule has 27 heavy (non-hydrogen) atoms. The van der Waals surface area contributed by atoms with Gasteiger partial charge in [0, 0.05) is 24.0 Å². The Hall–Kier alpha value is -3.16. The lowest BCUT2D eigenvalue weighted by atomic mass is 10.1. The van der Waals surface area contributed by atoms with Gasteiger partial charge in [-0.2, -0.15) is 10.2 Å². The standard InChI is InChI=1S/C19H22FN5O2/c1-4-25-14(3)17(11-21-25)13(2)22-19(26)18-9-10-24(23-18)12-27-16-7-5-15(20)6-8-16/h5-11,13H,4,12H2,1-3H3,(H,22,26). The second kappa shape index (κ2) is 8.03. The number of ether oxygens (including phenoxy) is 1. The molecular formula is C19H22FN5O2. The van der Waals surface area contributed by atoms with E-state index >= 15 is 0 Å². The number of carbonyl (C=O) groups excluding carboxylic acids is 1. The Kier molecular flexibility index (Phi) is 5.54. The van der Waals surface area contributed by atoms with E-state index in [0.29, 0.717) is 11.4 Å². The highest BCUT2D eigenvalue weighted by atomic mass is 19.1. The molecule has 3 rings (SSSR count). The first-order chi connectivity index (χ1) is 13.0. The van der Waals surface area contributed by atoms with E-state index in [1.165, 1.54) is 28.9 Å². The van der Waals surface area contributed by atoms with Crippen LogP contribution >= 0.6 is 0 Å². The van der Waals surface area contributed by atoms with Crippen LogP contribution < -0.4 is 10.1 Å². The van der Waals surface area contributed by atoms with Crippen molar-refractivity contribution in [2.45, 2.75) is 40.1 Å². The van der Waals surface area contributed by atoms with Gasteiger partial charge < -0.3 is 10.1 Å². The van der Waals surface area contributed by atoms with Crippen LogP contribution in [0.15, 0.2) is 42.7 Å². The maximum Gasteiger partial charge on any atom is 0.272 e. The van der Waals surface area contributed by atoms with Crippen molar-refractivity contribution in [1.82, 2.24) is 24.9 Å². The van der Waals surface area contributed by atoms with Gasteiger partial charge in [-0.3, -0.25) is 9.48 Å². The average Bonchev–Trinajstić information content (AvgIpc) is 3.27. The number of carbonyl (C=O) groups is 1. The van der Waals surface area contributed by atoms with E-state index in [1.807, 2.05) is 25.5 Å². The lowest BCUT2D eigenvalue weighted by molar-refractivity contribution is 0.0932. The van der Waals surface area contributed by atoms with Gasteiger partial charge in [0.05, 0.1) is 12.2 Å². The van der Waals surface area contributed by atoms with E-state index < -0.39 is 0 Å². The molecule has 0 saturated carbocycles. The molecule has 0 aliphatic heterocycles. The van der Waals surface area contributed by atoms with Crippen molar-refractivity contribution in [3.05, 3.63) is 65.5 Å². The first-order valence-electron chi connectivity index (χ1n) is 8.73. The summed E-state index contributed by atoms with van der Waals surface area (Å²) in [6, 6.07) is 7.15. The number of aryl methyl sites for hydroxylation is 1. The van der Waals surface area contributed by atoms with Crippen LogP contribution in [-0.2, 0) is 13.3 Å². The quantitative estimate of drug-likeness (QED) is 0.693. The number of amides is 1. The number of rotatable bonds is 7.